The summed E-state index contributed by atoms with van der Waals surface area (Å²) in [6.07, 6.45) is 2.14. The number of carbonyl (C=O) groups excluding carboxylic acids is 1. The molecule has 1 aromatic rings. The quantitative estimate of drug-likeness (QED) is 0.551. The second-order valence-corrected chi connectivity index (χ2v) is 3.59. The highest BCUT2D eigenvalue weighted by molar-refractivity contribution is 6.30. The van der Waals surface area contributed by atoms with Crippen molar-refractivity contribution >= 4 is 17.6 Å². The average Bonchev–Trinajstić information content (AvgIpc) is 2.44. The highest BCUT2D eigenvalue weighted by atomic mass is 35.5. The zero-order valence-electron chi connectivity index (χ0n) is 7.50. The van der Waals surface area contributed by atoms with E-state index in [1.165, 1.54) is 0 Å². The maximum absolute atomic E-state index is 11.4. The second-order valence-electron chi connectivity index (χ2n) is 3.15. The van der Waals surface area contributed by atoms with E-state index in [-0.39, 0.29) is 12.1 Å². The first kappa shape index (κ1) is 9.28. The Kier molecular flexibility index (Phi) is 2.30. The lowest BCUT2D eigenvalue weighted by Crippen LogP contribution is -1.96. The van der Waals surface area contributed by atoms with Crippen LogP contribution in [0.5, 0.6) is 0 Å². The number of halogens is 1. The molecule has 0 saturated heterocycles. The number of ether oxygens (including phenoxy) is 1. The summed E-state index contributed by atoms with van der Waals surface area (Å²) in [6, 6.07) is 5.16. The molecule has 1 atom stereocenters. The summed E-state index contributed by atoms with van der Waals surface area (Å²) in [4.78, 5) is 11.4. The van der Waals surface area contributed by atoms with Crippen molar-refractivity contribution in [2.24, 2.45) is 0 Å². The summed E-state index contributed by atoms with van der Waals surface area (Å²) in [7, 11) is 0. The SMILES string of the molecule is C=CCC1OC(=O)c2ccc(Cl)cc21. The molecule has 14 heavy (non-hydrogen) atoms. The van der Waals surface area contributed by atoms with Crippen molar-refractivity contribution in [3.05, 3.63) is 47.0 Å². The second kappa shape index (κ2) is 3.46. The summed E-state index contributed by atoms with van der Waals surface area (Å²) in [5, 5.41) is 0.621. The van der Waals surface area contributed by atoms with E-state index < -0.39 is 0 Å². The molecule has 0 amide bonds. The van der Waals surface area contributed by atoms with Crippen LogP contribution >= 0.6 is 11.6 Å². The zero-order chi connectivity index (χ0) is 10.1. The van der Waals surface area contributed by atoms with Crippen LogP contribution in [0.3, 0.4) is 0 Å². The molecule has 2 nitrogen and oxygen atoms in total. The van der Waals surface area contributed by atoms with Crippen LogP contribution < -0.4 is 0 Å². The molecular formula is C11H9ClO2. The fourth-order valence-electron chi connectivity index (χ4n) is 1.57. The molecule has 0 fully saturated rings. The van der Waals surface area contributed by atoms with Gasteiger partial charge in [-0.1, -0.05) is 17.7 Å². The number of esters is 1. The summed E-state index contributed by atoms with van der Waals surface area (Å²) in [5.74, 6) is -0.275. The number of hydrogen-bond acceptors (Lipinski definition) is 2. The highest BCUT2D eigenvalue weighted by Crippen LogP contribution is 2.34. The summed E-state index contributed by atoms with van der Waals surface area (Å²) < 4.78 is 5.16. The van der Waals surface area contributed by atoms with Crippen LogP contribution in [0, 0.1) is 0 Å². The van der Waals surface area contributed by atoms with Gasteiger partial charge in [-0.25, -0.2) is 4.79 Å². The van der Waals surface area contributed by atoms with Crippen molar-refractivity contribution in [1.82, 2.24) is 0 Å². The van der Waals surface area contributed by atoms with Gasteiger partial charge in [-0.2, -0.15) is 0 Å². The van der Waals surface area contributed by atoms with Gasteiger partial charge in [-0.05, 0) is 18.2 Å². The van der Waals surface area contributed by atoms with Crippen LogP contribution in [0.4, 0.5) is 0 Å². The molecule has 0 N–H and O–H groups in total. The van der Waals surface area contributed by atoms with Gasteiger partial charge in [0.25, 0.3) is 0 Å². The van der Waals surface area contributed by atoms with E-state index in [1.54, 1.807) is 24.3 Å². The number of hydrogen-bond donors (Lipinski definition) is 0. The molecular weight excluding hydrogens is 200 g/mol. The Morgan fingerprint density at radius 2 is 2.36 bits per heavy atom. The lowest BCUT2D eigenvalue weighted by molar-refractivity contribution is 0.0392. The van der Waals surface area contributed by atoms with E-state index in [0.717, 1.165) is 5.56 Å². The van der Waals surface area contributed by atoms with E-state index in [0.29, 0.717) is 17.0 Å². The largest absolute Gasteiger partial charge is 0.454 e. The van der Waals surface area contributed by atoms with Crippen molar-refractivity contribution in [1.29, 1.82) is 0 Å². The molecule has 1 aromatic carbocycles. The normalized spacial score (nSPS) is 18.9. The van der Waals surface area contributed by atoms with Gasteiger partial charge in [-0.15, -0.1) is 6.58 Å². The molecule has 72 valence electrons. The zero-order valence-corrected chi connectivity index (χ0v) is 8.25. The van der Waals surface area contributed by atoms with E-state index in [2.05, 4.69) is 6.58 Å². The predicted octanol–water partition coefficient (Wildman–Crippen LogP) is 3.13. The van der Waals surface area contributed by atoms with Crippen molar-refractivity contribution in [2.75, 3.05) is 0 Å². The van der Waals surface area contributed by atoms with Crippen molar-refractivity contribution < 1.29 is 9.53 Å². The number of carbonyl (C=O) groups is 1. The molecule has 1 unspecified atom stereocenters. The van der Waals surface area contributed by atoms with Gasteiger partial charge in [0.15, 0.2) is 0 Å². The van der Waals surface area contributed by atoms with Gasteiger partial charge in [0.2, 0.25) is 0 Å². The first-order valence-electron chi connectivity index (χ1n) is 4.33. The Labute approximate surface area is 87.1 Å². The Hall–Kier alpha value is -1.28. The van der Waals surface area contributed by atoms with E-state index >= 15 is 0 Å². The van der Waals surface area contributed by atoms with Crippen LogP contribution in [0.15, 0.2) is 30.9 Å². The topological polar surface area (TPSA) is 26.3 Å². The minimum Gasteiger partial charge on any atom is -0.454 e. The van der Waals surface area contributed by atoms with Gasteiger partial charge in [0.05, 0.1) is 5.56 Å². The minimum atomic E-state index is -0.275. The van der Waals surface area contributed by atoms with Gasteiger partial charge in [0.1, 0.15) is 6.10 Å². The van der Waals surface area contributed by atoms with Gasteiger partial charge in [-0.3, -0.25) is 0 Å². The molecule has 1 aliphatic heterocycles. The maximum atomic E-state index is 11.4. The Morgan fingerprint density at radius 1 is 1.57 bits per heavy atom. The summed E-state index contributed by atoms with van der Waals surface area (Å²) >= 11 is 5.84. The molecule has 0 radical (unpaired) electrons. The smallest absolute Gasteiger partial charge is 0.339 e. The van der Waals surface area contributed by atoms with E-state index in [9.17, 15) is 4.79 Å². The molecule has 2 rings (SSSR count). The van der Waals surface area contributed by atoms with Crippen LogP contribution in [0.25, 0.3) is 0 Å². The van der Waals surface area contributed by atoms with E-state index in [1.807, 2.05) is 0 Å². The molecule has 0 aliphatic carbocycles. The van der Waals surface area contributed by atoms with Crippen molar-refractivity contribution in [3.63, 3.8) is 0 Å². The average molecular weight is 209 g/mol. The monoisotopic (exact) mass is 208 g/mol. The summed E-state index contributed by atoms with van der Waals surface area (Å²) in [6.45, 7) is 3.62. The number of fused-ring (bicyclic) bond motifs is 1. The Bertz CT molecular complexity index is 398. The molecule has 3 heteroatoms. The lowest BCUT2D eigenvalue weighted by Gasteiger charge is -2.06. The highest BCUT2D eigenvalue weighted by Gasteiger charge is 2.29. The standard InChI is InChI=1S/C11H9ClO2/c1-2-3-10-9-6-7(12)4-5-8(9)11(13)14-10/h2,4-6,10H,1,3H2. The maximum Gasteiger partial charge on any atom is 0.339 e. The first-order chi connectivity index (χ1) is 6.72. The van der Waals surface area contributed by atoms with Crippen molar-refractivity contribution in [3.8, 4) is 0 Å². The van der Waals surface area contributed by atoms with E-state index in [4.69, 9.17) is 16.3 Å². The third kappa shape index (κ3) is 1.42. The summed E-state index contributed by atoms with van der Waals surface area (Å²) in [5.41, 5.74) is 1.48. The number of benzene rings is 1. The molecule has 0 spiro atoms. The van der Waals surface area contributed by atoms with Gasteiger partial charge >= 0.3 is 5.97 Å². The fraction of sp³-hybridized carbons (Fsp3) is 0.182. The number of cyclic esters (lactones) is 1. The fourth-order valence-corrected chi connectivity index (χ4v) is 1.75. The third-order valence-corrected chi connectivity index (χ3v) is 2.45. The molecule has 0 bridgehead atoms. The van der Waals surface area contributed by atoms with Crippen LogP contribution in [-0.2, 0) is 4.74 Å². The van der Waals surface area contributed by atoms with Crippen molar-refractivity contribution in [2.45, 2.75) is 12.5 Å². The molecule has 0 saturated carbocycles. The number of rotatable bonds is 2. The molecule has 1 heterocycles. The Morgan fingerprint density at radius 3 is 3.07 bits per heavy atom. The van der Waals surface area contributed by atoms with Gasteiger partial charge in [0, 0.05) is 17.0 Å². The van der Waals surface area contributed by atoms with Crippen LogP contribution in [0.2, 0.25) is 5.02 Å². The Balaban J connectivity index is 2.45. The molecule has 1 aliphatic rings. The van der Waals surface area contributed by atoms with Crippen LogP contribution in [0.1, 0.15) is 28.4 Å². The van der Waals surface area contributed by atoms with Crippen LogP contribution in [-0.4, -0.2) is 5.97 Å². The lowest BCUT2D eigenvalue weighted by atomic mass is 10.0. The first-order valence-corrected chi connectivity index (χ1v) is 4.71. The predicted molar refractivity (Wildman–Crippen MR) is 54.4 cm³/mol. The third-order valence-electron chi connectivity index (χ3n) is 2.21. The van der Waals surface area contributed by atoms with Gasteiger partial charge < -0.3 is 4.74 Å². The minimum absolute atomic E-state index is 0.214. The molecule has 0 aromatic heterocycles.